The third-order valence-corrected chi connectivity index (χ3v) is 6.52. The van der Waals surface area contributed by atoms with Gasteiger partial charge in [0.2, 0.25) is 0 Å². The fraction of sp³-hybridized carbons (Fsp3) is 0.240. The second kappa shape index (κ2) is 9.56. The Balaban J connectivity index is 1.12. The third kappa shape index (κ3) is 5.02. The monoisotopic (exact) mass is 442 g/mol. The van der Waals surface area contributed by atoms with E-state index in [9.17, 15) is 0 Å². The lowest BCUT2D eigenvalue weighted by Gasteiger charge is -2.44. The van der Waals surface area contributed by atoms with Crippen molar-refractivity contribution < 1.29 is 0 Å². The van der Waals surface area contributed by atoms with Gasteiger partial charge in [-0.05, 0) is 36.4 Å². The van der Waals surface area contributed by atoms with E-state index in [1.807, 2.05) is 35.8 Å². The van der Waals surface area contributed by atoms with Crippen molar-refractivity contribution in [3.8, 4) is 10.7 Å². The van der Waals surface area contributed by atoms with Crippen LogP contribution >= 0.6 is 11.3 Å². The Morgan fingerprint density at radius 3 is 2.59 bits per heavy atom. The number of thiazole rings is 1. The summed E-state index contributed by atoms with van der Waals surface area (Å²) < 4.78 is 0. The highest BCUT2D eigenvalue weighted by molar-refractivity contribution is 7.13. The molecule has 1 aliphatic rings. The molecule has 4 heterocycles. The summed E-state index contributed by atoms with van der Waals surface area (Å²) in [6.45, 7) is 4.15. The second-order valence-corrected chi connectivity index (χ2v) is 9.07. The van der Waals surface area contributed by atoms with Crippen LogP contribution in [0.4, 0.5) is 11.6 Å². The number of likely N-dealkylation sites (N-methyl/N-ethyl adjacent to an activating group) is 1. The van der Waals surface area contributed by atoms with Gasteiger partial charge in [0.1, 0.15) is 22.3 Å². The number of pyridine rings is 2. The van der Waals surface area contributed by atoms with Crippen molar-refractivity contribution in [2.24, 2.45) is 0 Å². The Hall–Kier alpha value is -3.13. The number of likely N-dealkylation sites (tertiary alicyclic amines) is 1. The van der Waals surface area contributed by atoms with Crippen LogP contribution in [0.5, 0.6) is 0 Å². The maximum atomic E-state index is 4.64. The lowest BCUT2D eigenvalue weighted by atomic mass is 10.1. The highest BCUT2D eigenvalue weighted by Crippen LogP contribution is 2.23. The molecule has 1 fully saturated rings. The molecule has 3 aromatic heterocycles. The first-order valence-electron chi connectivity index (χ1n) is 10.8. The van der Waals surface area contributed by atoms with E-state index in [0.29, 0.717) is 6.04 Å². The fourth-order valence-corrected chi connectivity index (χ4v) is 4.51. The third-order valence-electron chi connectivity index (χ3n) is 5.72. The number of hydrogen-bond acceptors (Lipinski definition) is 7. The quantitative estimate of drug-likeness (QED) is 0.428. The van der Waals surface area contributed by atoms with Crippen molar-refractivity contribution in [3.63, 3.8) is 0 Å². The maximum absolute atomic E-state index is 4.64. The minimum Gasteiger partial charge on any atom is -0.325 e. The van der Waals surface area contributed by atoms with E-state index in [1.165, 1.54) is 11.1 Å². The molecule has 0 radical (unpaired) electrons. The van der Waals surface area contributed by atoms with Gasteiger partial charge in [-0.15, -0.1) is 11.3 Å². The lowest BCUT2D eigenvalue weighted by molar-refractivity contribution is 0.0394. The van der Waals surface area contributed by atoms with E-state index in [2.05, 4.69) is 73.5 Å². The first-order chi connectivity index (χ1) is 15.7. The van der Waals surface area contributed by atoms with E-state index >= 15 is 0 Å². The van der Waals surface area contributed by atoms with Gasteiger partial charge < -0.3 is 5.32 Å². The van der Waals surface area contributed by atoms with Gasteiger partial charge in [0, 0.05) is 50.0 Å². The number of hydrogen-bond donors (Lipinski definition) is 1. The van der Waals surface area contributed by atoms with Crippen LogP contribution in [0.15, 0.2) is 78.4 Å². The molecule has 7 heteroatoms. The topological polar surface area (TPSA) is 57.2 Å². The zero-order valence-corrected chi connectivity index (χ0v) is 18.9. The molecule has 6 nitrogen and oxygen atoms in total. The molecule has 0 aliphatic carbocycles. The molecule has 1 aliphatic heterocycles. The lowest BCUT2D eigenvalue weighted by Crippen LogP contribution is -2.57. The molecule has 5 rings (SSSR count). The van der Waals surface area contributed by atoms with E-state index < -0.39 is 0 Å². The predicted molar refractivity (Wildman–Crippen MR) is 130 cm³/mol. The fourth-order valence-electron chi connectivity index (χ4n) is 3.91. The summed E-state index contributed by atoms with van der Waals surface area (Å²) >= 11 is 1.58. The maximum Gasteiger partial charge on any atom is 0.141 e. The summed E-state index contributed by atoms with van der Waals surface area (Å²) in [5, 5.41) is 6.17. The summed E-state index contributed by atoms with van der Waals surface area (Å²) in [6, 6.07) is 21.3. The zero-order chi connectivity index (χ0) is 21.8. The van der Waals surface area contributed by atoms with Crippen molar-refractivity contribution in [2.45, 2.75) is 19.1 Å². The molecule has 32 heavy (non-hydrogen) atoms. The van der Waals surface area contributed by atoms with Gasteiger partial charge in [-0.25, -0.2) is 15.0 Å². The molecule has 4 aromatic rings. The highest BCUT2D eigenvalue weighted by Gasteiger charge is 2.29. The Morgan fingerprint density at radius 2 is 1.84 bits per heavy atom. The number of rotatable bonds is 8. The van der Waals surface area contributed by atoms with E-state index in [4.69, 9.17) is 0 Å². The molecular weight excluding hydrogens is 416 g/mol. The second-order valence-electron chi connectivity index (χ2n) is 8.17. The Labute approximate surface area is 192 Å². The van der Waals surface area contributed by atoms with Gasteiger partial charge >= 0.3 is 0 Å². The molecule has 0 atom stereocenters. The van der Waals surface area contributed by atoms with Gasteiger partial charge in [-0.3, -0.25) is 9.80 Å². The predicted octanol–water partition coefficient (Wildman–Crippen LogP) is 4.66. The molecule has 1 N–H and O–H groups in total. The van der Waals surface area contributed by atoms with Crippen molar-refractivity contribution in [1.29, 1.82) is 0 Å². The Kier molecular flexibility index (Phi) is 6.20. The number of nitrogens with one attached hydrogen (secondary N) is 1. The summed E-state index contributed by atoms with van der Waals surface area (Å²) in [4.78, 5) is 18.5. The van der Waals surface area contributed by atoms with Crippen molar-refractivity contribution in [3.05, 3.63) is 89.6 Å². The smallest absolute Gasteiger partial charge is 0.141 e. The number of nitrogens with zero attached hydrogens (tertiary/aromatic N) is 5. The average Bonchev–Trinajstić information content (AvgIpc) is 3.33. The zero-order valence-electron chi connectivity index (χ0n) is 18.1. The molecule has 1 aromatic carbocycles. The van der Waals surface area contributed by atoms with E-state index in [1.54, 1.807) is 17.5 Å². The van der Waals surface area contributed by atoms with Crippen LogP contribution in [0, 0.1) is 0 Å². The average molecular weight is 443 g/mol. The highest BCUT2D eigenvalue weighted by atomic mass is 32.1. The summed E-state index contributed by atoms with van der Waals surface area (Å²) in [5.74, 6) is 1.56. The van der Waals surface area contributed by atoms with Crippen LogP contribution in [-0.2, 0) is 13.1 Å². The first-order valence-corrected chi connectivity index (χ1v) is 11.7. The van der Waals surface area contributed by atoms with Gasteiger partial charge in [0.25, 0.3) is 0 Å². The van der Waals surface area contributed by atoms with Gasteiger partial charge in [-0.1, -0.05) is 42.5 Å². The molecule has 0 amide bonds. The van der Waals surface area contributed by atoms with Crippen LogP contribution in [0.2, 0.25) is 0 Å². The van der Waals surface area contributed by atoms with Crippen LogP contribution in [0.1, 0.15) is 11.1 Å². The van der Waals surface area contributed by atoms with Crippen LogP contribution in [0.3, 0.4) is 0 Å². The van der Waals surface area contributed by atoms with Crippen molar-refractivity contribution >= 4 is 23.0 Å². The molecule has 162 valence electrons. The minimum atomic E-state index is 0.592. The van der Waals surface area contributed by atoms with Crippen molar-refractivity contribution in [1.82, 2.24) is 24.8 Å². The minimum absolute atomic E-state index is 0.592. The standard InChI is InChI=1S/C25H26N6S/c1-30(21-17-31(18-21)16-19-6-3-2-4-7-19)15-20-10-11-23(27-14-20)29-24-9-5-8-22(28-24)25-26-12-13-32-25/h2-14,21H,15-18H2,1H3,(H,27,28,29). The molecule has 0 bridgehead atoms. The normalized spacial score (nSPS) is 14.4. The molecule has 0 unspecified atom stereocenters. The van der Waals surface area contributed by atoms with Crippen molar-refractivity contribution in [2.75, 3.05) is 25.5 Å². The molecular formula is C25H26N6S. The van der Waals surface area contributed by atoms with E-state index in [-0.39, 0.29) is 0 Å². The molecule has 0 saturated carbocycles. The molecule has 1 saturated heterocycles. The summed E-state index contributed by atoms with van der Waals surface area (Å²) in [7, 11) is 2.20. The van der Waals surface area contributed by atoms with E-state index in [0.717, 1.165) is 48.5 Å². The number of anilines is 2. The number of aromatic nitrogens is 3. The van der Waals surface area contributed by atoms with Gasteiger partial charge in [0.05, 0.1) is 0 Å². The SMILES string of the molecule is CN(Cc1ccc(Nc2cccc(-c3nccs3)n2)nc1)C1CN(Cc2ccccc2)C1. The van der Waals surface area contributed by atoms with Gasteiger partial charge in [0.15, 0.2) is 0 Å². The largest absolute Gasteiger partial charge is 0.325 e. The number of benzene rings is 1. The van der Waals surface area contributed by atoms with Gasteiger partial charge in [-0.2, -0.15) is 0 Å². The Morgan fingerprint density at radius 1 is 0.969 bits per heavy atom. The summed E-state index contributed by atoms with van der Waals surface area (Å²) in [6.07, 6.45) is 3.74. The van der Waals surface area contributed by atoms with Crippen LogP contribution in [0.25, 0.3) is 10.7 Å². The molecule has 0 spiro atoms. The Bertz CT molecular complexity index is 1120. The summed E-state index contributed by atoms with van der Waals surface area (Å²) in [5.41, 5.74) is 3.46. The first kappa shape index (κ1) is 20.8. The van der Waals surface area contributed by atoms with Crippen LogP contribution in [-0.4, -0.2) is 50.9 Å². The van der Waals surface area contributed by atoms with Crippen LogP contribution < -0.4 is 5.32 Å².